The molecule has 44 valence electrons. The predicted molar refractivity (Wildman–Crippen MR) is 32.0 cm³/mol. The smallest absolute Gasteiger partial charge is 0.0502 e. The molecule has 1 saturated heterocycles. The molecule has 0 atom stereocenters. The maximum Gasteiger partial charge on any atom is 0.0502 e. The summed E-state index contributed by atoms with van der Waals surface area (Å²) in [5.41, 5.74) is 0. The van der Waals surface area contributed by atoms with Gasteiger partial charge in [0.15, 0.2) is 0 Å². The molecular weight excluding hydrogens is 88.1 g/mol. The summed E-state index contributed by atoms with van der Waals surface area (Å²) in [6.07, 6.45) is 0. The van der Waals surface area contributed by atoms with Gasteiger partial charge in [0.25, 0.3) is 0 Å². The van der Waals surface area contributed by atoms with Gasteiger partial charge >= 0.3 is 0 Å². The van der Waals surface area contributed by atoms with E-state index in [0.717, 1.165) is 13.3 Å². The number of rotatable bonds is 1. The highest BCUT2D eigenvalue weighted by Crippen LogP contribution is 1.88. The van der Waals surface area contributed by atoms with Gasteiger partial charge in [-0.2, -0.15) is 0 Å². The van der Waals surface area contributed by atoms with Crippen molar-refractivity contribution in [2.24, 2.45) is 0 Å². The molecule has 1 rings (SSSR count). The van der Waals surface area contributed by atoms with Gasteiger partial charge < -0.3 is 0 Å². The van der Waals surface area contributed by atoms with Crippen LogP contribution in [0.2, 0.25) is 0 Å². The minimum Gasteiger partial charge on any atom is -0.291 e. The lowest BCUT2D eigenvalue weighted by Crippen LogP contribution is -2.51. The minimum atomic E-state index is 0. The fourth-order valence-corrected chi connectivity index (χ4v) is 0.494. The molecule has 1 heterocycles. The van der Waals surface area contributed by atoms with Gasteiger partial charge in [-0.1, -0.05) is 14.4 Å². The Labute approximate surface area is 45.5 Å². The van der Waals surface area contributed by atoms with Crippen LogP contribution in [0.15, 0.2) is 0 Å². The SMILES string of the molecule is C.CCN1CNC1. The number of nitrogens with zero attached hydrogens (tertiary/aromatic N) is 1. The van der Waals surface area contributed by atoms with Gasteiger partial charge in [-0.15, -0.1) is 0 Å². The second kappa shape index (κ2) is 2.99. The van der Waals surface area contributed by atoms with E-state index in [1.807, 2.05) is 0 Å². The summed E-state index contributed by atoms with van der Waals surface area (Å²) < 4.78 is 0. The Morgan fingerprint density at radius 1 is 1.57 bits per heavy atom. The Bertz CT molecular complexity index is 38.6. The van der Waals surface area contributed by atoms with E-state index in [0.29, 0.717) is 0 Å². The molecule has 0 radical (unpaired) electrons. The van der Waals surface area contributed by atoms with E-state index in [1.54, 1.807) is 0 Å². The molecule has 0 aromatic carbocycles. The zero-order chi connectivity index (χ0) is 4.41. The van der Waals surface area contributed by atoms with Crippen LogP contribution in [0.4, 0.5) is 0 Å². The van der Waals surface area contributed by atoms with Gasteiger partial charge in [-0.05, 0) is 6.54 Å². The molecule has 0 aromatic heterocycles. The first-order valence-corrected chi connectivity index (χ1v) is 2.36. The summed E-state index contributed by atoms with van der Waals surface area (Å²) in [5.74, 6) is 0. The zero-order valence-electron chi connectivity index (χ0n) is 4.07. The highest BCUT2D eigenvalue weighted by molar-refractivity contribution is 4.58. The number of nitrogens with one attached hydrogen (secondary N) is 1. The molecule has 0 aromatic rings. The maximum absolute atomic E-state index is 3.14. The van der Waals surface area contributed by atoms with Crippen molar-refractivity contribution in [2.45, 2.75) is 14.4 Å². The normalized spacial score (nSPS) is 20.1. The van der Waals surface area contributed by atoms with Crippen LogP contribution in [0.1, 0.15) is 14.4 Å². The van der Waals surface area contributed by atoms with Gasteiger partial charge in [-0.25, -0.2) is 0 Å². The van der Waals surface area contributed by atoms with E-state index >= 15 is 0 Å². The highest BCUT2D eigenvalue weighted by atomic mass is 15.4. The standard InChI is InChI=1S/C4H10N2.CH4/c1-2-6-3-5-4-6;/h5H,2-4H2,1H3;1H4. The maximum atomic E-state index is 3.14. The van der Waals surface area contributed by atoms with Crippen molar-refractivity contribution >= 4 is 0 Å². The molecular formula is C5H14N2. The van der Waals surface area contributed by atoms with Crippen molar-refractivity contribution in [1.82, 2.24) is 10.2 Å². The van der Waals surface area contributed by atoms with Gasteiger partial charge in [-0.3, -0.25) is 10.2 Å². The second-order valence-corrected chi connectivity index (χ2v) is 1.55. The molecule has 7 heavy (non-hydrogen) atoms. The molecule has 0 amide bonds. The number of hydrogen-bond donors (Lipinski definition) is 1. The van der Waals surface area contributed by atoms with Crippen LogP contribution < -0.4 is 5.32 Å². The number of hydrogen-bond acceptors (Lipinski definition) is 2. The fourth-order valence-electron chi connectivity index (χ4n) is 0.494. The monoisotopic (exact) mass is 102 g/mol. The molecule has 0 bridgehead atoms. The van der Waals surface area contributed by atoms with Crippen molar-refractivity contribution in [3.05, 3.63) is 0 Å². The molecule has 1 aliphatic rings. The summed E-state index contributed by atoms with van der Waals surface area (Å²) in [6, 6.07) is 0. The topological polar surface area (TPSA) is 15.3 Å². The van der Waals surface area contributed by atoms with Gasteiger partial charge in [0.1, 0.15) is 0 Å². The average Bonchev–Trinajstić information content (AvgIpc) is 1.31. The van der Waals surface area contributed by atoms with Crippen LogP contribution in [0.25, 0.3) is 0 Å². The van der Waals surface area contributed by atoms with Crippen LogP contribution in [-0.2, 0) is 0 Å². The van der Waals surface area contributed by atoms with Crippen molar-refractivity contribution in [2.75, 3.05) is 19.9 Å². The molecule has 1 N–H and O–H groups in total. The van der Waals surface area contributed by atoms with Crippen LogP contribution in [0, 0.1) is 0 Å². The van der Waals surface area contributed by atoms with Gasteiger partial charge in [0.2, 0.25) is 0 Å². The van der Waals surface area contributed by atoms with E-state index in [4.69, 9.17) is 0 Å². The average molecular weight is 102 g/mol. The Hall–Kier alpha value is -0.0800. The van der Waals surface area contributed by atoms with Crippen LogP contribution in [-0.4, -0.2) is 24.8 Å². The summed E-state index contributed by atoms with van der Waals surface area (Å²) in [7, 11) is 0. The molecule has 1 fully saturated rings. The third-order valence-corrected chi connectivity index (χ3v) is 1.12. The summed E-state index contributed by atoms with van der Waals surface area (Å²) in [4.78, 5) is 2.32. The molecule has 2 heteroatoms. The lowest BCUT2D eigenvalue weighted by atomic mass is 10.5. The summed E-state index contributed by atoms with van der Waals surface area (Å²) in [6.45, 7) is 5.54. The first-order chi connectivity index (χ1) is 2.93. The van der Waals surface area contributed by atoms with E-state index in [-0.39, 0.29) is 7.43 Å². The quantitative estimate of drug-likeness (QED) is 0.517. The van der Waals surface area contributed by atoms with Crippen LogP contribution >= 0.6 is 0 Å². The predicted octanol–water partition coefficient (Wildman–Crippen LogP) is 0.463. The zero-order valence-corrected chi connectivity index (χ0v) is 4.07. The third-order valence-electron chi connectivity index (χ3n) is 1.12. The first-order valence-electron chi connectivity index (χ1n) is 2.36. The second-order valence-electron chi connectivity index (χ2n) is 1.55. The molecule has 1 aliphatic heterocycles. The summed E-state index contributed by atoms with van der Waals surface area (Å²) in [5, 5.41) is 3.14. The Morgan fingerprint density at radius 3 is 2.14 bits per heavy atom. The summed E-state index contributed by atoms with van der Waals surface area (Å²) >= 11 is 0. The Balaban J connectivity index is 0.000000360. The van der Waals surface area contributed by atoms with Crippen molar-refractivity contribution in [3.8, 4) is 0 Å². The van der Waals surface area contributed by atoms with Crippen molar-refractivity contribution in [3.63, 3.8) is 0 Å². The van der Waals surface area contributed by atoms with Crippen molar-refractivity contribution < 1.29 is 0 Å². The highest BCUT2D eigenvalue weighted by Gasteiger charge is 2.07. The minimum absolute atomic E-state index is 0. The molecule has 0 saturated carbocycles. The van der Waals surface area contributed by atoms with Crippen LogP contribution in [0.5, 0.6) is 0 Å². The van der Waals surface area contributed by atoms with Crippen molar-refractivity contribution in [1.29, 1.82) is 0 Å². The van der Waals surface area contributed by atoms with E-state index < -0.39 is 0 Å². The first kappa shape index (κ1) is 6.92. The van der Waals surface area contributed by atoms with Gasteiger partial charge in [0, 0.05) is 0 Å². The molecule has 0 spiro atoms. The molecule has 2 nitrogen and oxygen atoms in total. The lowest BCUT2D eigenvalue weighted by molar-refractivity contribution is 0.147. The third kappa shape index (κ3) is 1.45. The van der Waals surface area contributed by atoms with Gasteiger partial charge in [0.05, 0.1) is 13.3 Å². The van der Waals surface area contributed by atoms with E-state index in [2.05, 4.69) is 17.1 Å². The molecule has 0 unspecified atom stereocenters. The fraction of sp³-hybridized carbons (Fsp3) is 1.00. The lowest BCUT2D eigenvalue weighted by Gasteiger charge is -2.30. The van der Waals surface area contributed by atoms with E-state index in [1.165, 1.54) is 6.54 Å². The van der Waals surface area contributed by atoms with Crippen LogP contribution in [0.3, 0.4) is 0 Å². The largest absolute Gasteiger partial charge is 0.291 e. The Kier molecular flexibility index (Phi) is 2.96. The van der Waals surface area contributed by atoms with E-state index in [9.17, 15) is 0 Å². The Morgan fingerprint density at radius 2 is 2.14 bits per heavy atom. The molecule has 0 aliphatic carbocycles.